The van der Waals surface area contributed by atoms with E-state index in [4.69, 9.17) is 0 Å². The van der Waals surface area contributed by atoms with Crippen molar-refractivity contribution in [3.8, 4) is 0 Å². The van der Waals surface area contributed by atoms with Gasteiger partial charge in [0, 0.05) is 24.0 Å². The molecule has 0 atom stereocenters. The van der Waals surface area contributed by atoms with Crippen molar-refractivity contribution in [3.05, 3.63) is 53.1 Å². The van der Waals surface area contributed by atoms with Gasteiger partial charge >= 0.3 is 0 Å². The van der Waals surface area contributed by atoms with Gasteiger partial charge in [0.05, 0.1) is 6.54 Å². The van der Waals surface area contributed by atoms with Gasteiger partial charge in [-0.3, -0.25) is 9.59 Å². The van der Waals surface area contributed by atoms with Gasteiger partial charge in [-0.1, -0.05) is 17.7 Å². The molecule has 0 saturated carbocycles. The maximum absolute atomic E-state index is 12.1. The molecule has 0 aliphatic carbocycles. The maximum Gasteiger partial charge on any atom is 0.243 e. The molecule has 24 heavy (non-hydrogen) atoms. The van der Waals surface area contributed by atoms with Crippen LogP contribution in [0.1, 0.15) is 23.6 Å². The topological polar surface area (TPSA) is 70.2 Å². The summed E-state index contributed by atoms with van der Waals surface area (Å²) in [6.07, 6.45) is 0. The lowest BCUT2D eigenvalue weighted by Crippen LogP contribution is -2.22. The van der Waals surface area contributed by atoms with Crippen molar-refractivity contribution >= 4 is 28.9 Å². The van der Waals surface area contributed by atoms with E-state index in [1.165, 1.54) is 12.5 Å². The molecule has 0 spiro atoms. The van der Waals surface area contributed by atoms with Crippen LogP contribution >= 0.6 is 0 Å². The number of benzene rings is 2. The number of rotatable bonds is 5. The van der Waals surface area contributed by atoms with Gasteiger partial charge in [0.2, 0.25) is 11.8 Å². The standard InChI is InChI=1S/C19H23N3O2/c1-12-9-13(2)19(14(3)10-12)20-11-18(24)22-17-7-5-16(6-8-17)21-15(4)23/h5-10,20H,11H2,1-4H3,(H,21,23)(H,22,24). The van der Waals surface area contributed by atoms with Crippen LogP contribution in [-0.2, 0) is 9.59 Å². The molecule has 0 saturated heterocycles. The number of aryl methyl sites for hydroxylation is 3. The predicted octanol–water partition coefficient (Wildman–Crippen LogP) is 3.62. The molecule has 5 nitrogen and oxygen atoms in total. The molecule has 2 aromatic carbocycles. The minimum absolute atomic E-state index is 0.123. The van der Waals surface area contributed by atoms with Crippen LogP contribution in [0.15, 0.2) is 36.4 Å². The van der Waals surface area contributed by atoms with Crippen molar-refractivity contribution in [3.63, 3.8) is 0 Å². The van der Waals surface area contributed by atoms with Crippen LogP contribution in [0, 0.1) is 20.8 Å². The second-order valence-electron chi connectivity index (χ2n) is 5.93. The summed E-state index contributed by atoms with van der Waals surface area (Å²) in [7, 11) is 0. The fraction of sp³-hybridized carbons (Fsp3) is 0.263. The predicted molar refractivity (Wildman–Crippen MR) is 98.5 cm³/mol. The Morgan fingerprint density at radius 2 is 1.38 bits per heavy atom. The number of hydrogen-bond donors (Lipinski definition) is 3. The Morgan fingerprint density at radius 1 is 0.875 bits per heavy atom. The lowest BCUT2D eigenvalue weighted by atomic mass is 10.1. The van der Waals surface area contributed by atoms with Gasteiger partial charge in [-0.15, -0.1) is 0 Å². The lowest BCUT2D eigenvalue weighted by molar-refractivity contribution is -0.115. The van der Waals surface area contributed by atoms with Crippen LogP contribution in [0.2, 0.25) is 0 Å². The van der Waals surface area contributed by atoms with E-state index in [1.807, 2.05) is 13.8 Å². The van der Waals surface area contributed by atoms with Crippen molar-refractivity contribution in [1.29, 1.82) is 0 Å². The summed E-state index contributed by atoms with van der Waals surface area (Å²) in [6.45, 7) is 7.76. The van der Waals surface area contributed by atoms with Gasteiger partial charge in [0.25, 0.3) is 0 Å². The molecule has 3 N–H and O–H groups in total. The van der Waals surface area contributed by atoms with Crippen molar-refractivity contribution in [2.45, 2.75) is 27.7 Å². The Kier molecular flexibility index (Phi) is 5.58. The van der Waals surface area contributed by atoms with Crippen molar-refractivity contribution in [1.82, 2.24) is 0 Å². The van der Waals surface area contributed by atoms with Crippen molar-refractivity contribution in [2.75, 3.05) is 22.5 Å². The van der Waals surface area contributed by atoms with Gasteiger partial charge in [-0.25, -0.2) is 0 Å². The molecule has 5 heteroatoms. The van der Waals surface area contributed by atoms with E-state index in [-0.39, 0.29) is 18.4 Å². The zero-order valence-electron chi connectivity index (χ0n) is 14.5. The first kappa shape index (κ1) is 17.5. The highest BCUT2D eigenvalue weighted by atomic mass is 16.2. The minimum atomic E-state index is -0.125. The first-order chi connectivity index (χ1) is 11.3. The third kappa shape index (κ3) is 4.84. The number of anilines is 3. The van der Waals surface area contributed by atoms with Crippen molar-refractivity contribution in [2.24, 2.45) is 0 Å². The smallest absolute Gasteiger partial charge is 0.243 e. The molecule has 0 unspecified atom stereocenters. The largest absolute Gasteiger partial charge is 0.376 e. The van der Waals surface area contributed by atoms with E-state index in [0.717, 1.165) is 16.8 Å². The summed E-state index contributed by atoms with van der Waals surface area (Å²) >= 11 is 0. The number of nitrogens with one attached hydrogen (secondary N) is 3. The summed E-state index contributed by atoms with van der Waals surface area (Å²) < 4.78 is 0. The molecular weight excluding hydrogens is 302 g/mol. The van der Waals surface area contributed by atoms with Gasteiger partial charge in [0.15, 0.2) is 0 Å². The third-order valence-corrected chi connectivity index (χ3v) is 3.59. The zero-order valence-corrected chi connectivity index (χ0v) is 14.5. The van der Waals surface area contributed by atoms with Crippen LogP contribution in [0.25, 0.3) is 0 Å². The van der Waals surface area contributed by atoms with E-state index in [2.05, 4.69) is 35.0 Å². The van der Waals surface area contributed by atoms with Crippen LogP contribution in [0.4, 0.5) is 17.1 Å². The maximum atomic E-state index is 12.1. The monoisotopic (exact) mass is 325 g/mol. The molecule has 0 aromatic heterocycles. The Morgan fingerprint density at radius 3 is 1.88 bits per heavy atom. The first-order valence-electron chi connectivity index (χ1n) is 7.84. The zero-order chi connectivity index (χ0) is 17.7. The highest BCUT2D eigenvalue weighted by molar-refractivity contribution is 5.94. The lowest BCUT2D eigenvalue weighted by Gasteiger charge is -2.14. The van der Waals surface area contributed by atoms with Crippen LogP contribution in [0.5, 0.6) is 0 Å². The molecule has 0 radical (unpaired) electrons. The molecule has 0 heterocycles. The molecule has 2 rings (SSSR count). The summed E-state index contributed by atoms with van der Waals surface area (Å²) in [5.74, 6) is -0.249. The molecular formula is C19H23N3O2. The highest BCUT2D eigenvalue weighted by Crippen LogP contribution is 2.21. The van der Waals surface area contributed by atoms with Gasteiger partial charge < -0.3 is 16.0 Å². The molecule has 0 bridgehead atoms. The summed E-state index contributed by atoms with van der Waals surface area (Å²) in [6, 6.07) is 11.2. The molecule has 0 fully saturated rings. The van der Waals surface area contributed by atoms with E-state index < -0.39 is 0 Å². The Balaban J connectivity index is 1.93. The van der Waals surface area contributed by atoms with E-state index in [9.17, 15) is 9.59 Å². The normalized spacial score (nSPS) is 10.2. The average molecular weight is 325 g/mol. The van der Waals surface area contributed by atoms with E-state index in [0.29, 0.717) is 11.4 Å². The van der Waals surface area contributed by atoms with Crippen LogP contribution < -0.4 is 16.0 Å². The number of carbonyl (C=O) groups excluding carboxylic acids is 2. The van der Waals surface area contributed by atoms with Gasteiger partial charge in [-0.05, 0) is 56.2 Å². The number of hydrogen-bond acceptors (Lipinski definition) is 3. The Bertz CT molecular complexity index is 729. The van der Waals surface area contributed by atoms with Crippen LogP contribution in [-0.4, -0.2) is 18.4 Å². The van der Waals surface area contributed by atoms with E-state index >= 15 is 0 Å². The van der Waals surface area contributed by atoms with E-state index in [1.54, 1.807) is 24.3 Å². The SMILES string of the molecule is CC(=O)Nc1ccc(NC(=O)CNc2c(C)cc(C)cc2C)cc1. The first-order valence-corrected chi connectivity index (χ1v) is 7.84. The molecule has 2 aromatic rings. The Hall–Kier alpha value is -2.82. The van der Waals surface area contributed by atoms with Crippen LogP contribution in [0.3, 0.4) is 0 Å². The fourth-order valence-electron chi connectivity index (χ4n) is 2.67. The minimum Gasteiger partial charge on any atom is -0.376 e. The number of amides is 2. The van der Waals surface area contributed by atoms with Gasteiger partial charge in [-0.2, -0.15) is 0 Å². The highest BCUT2D eigenvalue weighted by Gasteiger charge is 2.07. The summed E-state index contributed by atoms with van der Waals surface area (Å²) in [4.78, 5) is 23.1. The second kappa shape index (κ2) is 7.64. The second-order valence-corrected chi connectivity index (χ2v) is 5.93. The molecule has 0 aliphatic heterocycles. The molecule has 0 aliphatic rings. The van der Waals surface area contributed by atoms with Gasteiger partial charge in [0.1, 0.15) is 0 Å². The molecule has 126 valence electrons. The van der Waals surface area contributed by atoms with Crippen molar-refractivity contribution < 1.29 is 9.59 Å². The fourth-order valence-corrected chi connectivity index (χ4v) is 2.67. The summed E-state index contributed by atoms with van der Waals surface area (Å²) in [5, 5.41) is 8.71. The Labute approximate surface area is 142 Å². The summed E-state index contributed by atoms with van der Waals surface area (Å²) in [5.41, 5.74) is 5.84. The third-order valence-electron chi connectivity index (χ3n) is 3.59. The molecule has 2 amide bonds. The number of carbonyl (C=O) groups is 2. The average Bonchev–Trinajstić information content (AvgIpc) is 2.47. The quantitative estimate of drug-likeness (QED) is 0.786.